The number of carbonyl (C=O) groups is 3. The first kappa shape index (κ1) is 31.9. The summed E-state index contributed by atoms with van der Waals surface area (Å²) in [4.78, 5) is 37.1. The zero-order chi connectivity index (χ0) is 32.8. The molecular formula is C30H25F5N2O7S. The highest BCUT2D eigenvalue weighted by molar-refractivity contribution is 7.92. The molecule has 3 aromatic rings. The molecule has 238 valence electrons. The Morgan fingerprint density at radius 3 is 2.29 bits per heavy atom. The van der Waals surface area contributed by atoms with Crippen LogP contribution in [0.25, 0.3) is 11.1 Å². The molecule has 4 atom stereocenters. The first-order chi connectivity index (χ1) is 21.1. The highest BCUT2D eigenvalue weighted by atomic mass is 32.2. The van der Waals surface area contributed by atoms with Crippen LogP contribution in [0.5, 0.6) is 5.75 Å². The highest BCUT2D eigenvalue weighted by Crippen LogP contribution is 2.49. The molecule has 3 aromatic carbocycles. The molecule has 2 saturated carbocycles. The Balaban J connectivity index is 1.41. The Morgan fingerprint density at radius 2 is 1.64 bits per heavy atom. The van der Waals surface area contributed by atoms with Gasteiger partial charge in [-0.2, -0.15) is 13.2 Å². The number of ether oxygens (including phenoxy) is 1. The van der Waals surface area contributed by atoms with Crippen molar-refractivity contribution in [3.05, 3.63) is 77.4 Å². The van der Waals surface area contributed by atoms with E-state index in [4.69, 9.17) is 9.84 Å². The zero-order valence-electron chi connectivity index (χ0n) is 23.3. The third-order valence-corrected chi connectivity index (χ3v) is 9.76. The molecule has 9 nitrogen and oxygen atoms in total. The van der Waals surface area contributed by atoms with Gasteiger partial charge in [0.05, 0.1) is 29.1 Å². The Labute approximate surface area is 253 Å². The van der Waals surface area contributed by atoms with Crippen LogP contribution in [-0.2, 0) is 14.6 Å². The number of sulfone groups is 1. The Morgan fingerprint density at radius 1 is 0.933 bits per heavy atom. The number of hydrogen-bond donors (Lipinski definition) is 3. The maximum Gasteiger partial charge on any atom is 0.501 e. The van der Waals surface area contributed by atoms with Crippen LogP contribution in [0.15, 0.2) is 59.5 Å². The summed E-state index contributed by atoms with van der Waals surface area (Å²) in [6.07, 6.45) is 1.91. The molecule has 0 saturated heterocycles. The predicted molar refractivity (Wildman–Crippen MR) is 149 cm³/mol. The summed E-state index contributed by atoms with van der Waals surface area (Å²) < 4.78 is 97.4. The van der Waals surface area contributed by atoms with E-state index in [1.54, 1.807) is 0 Å². The molecular weight excluding hydrogens is 627 g/mol. The lowest BCUT2D eigenvalue weighted by Crippen LogP contribution is -2.48. The summed E-state index contributed by atoms with van der Waals surface area (Å²) in [6, 6.07) is 8.04. The number of alkyl halides is 3. The van der Waals surface area contributed by atoms with Crippen LogP contribution in [0, 0.1) is 29.4 Å². The quantitative estimate of drug-likeness (QED) is 0.277. The number of carboxylic acids is 1. The number of aromatic carboxylic acids is 1. The number of rotatable bonds is 8. The van der Waals surface area contributed by atoms with Crippen molar-refractivity contribution in [2.24, 2.45) is 17.8 Å². The van der Waals surface area contributed by atoms with Crippen LogP contribution in [0.1, 0.15) is 40.0 Å². The summed E-state index contributed by atoms with van der Waals surface area (Å²) in [5.74, 6) is -6.17. The molecule has 5 rings (SSSR count). The number of anilines is 1. The average Bonchev–Trinajstić information content (AvgIpc) is 3.58. The molecule has 0 aromatic heterocycles. The van der Waals surface area contributed by atoms with Crippen molar-refractivity contribution in [1.29, 1.82) is 0 Å². The van der Waals surface area contributed by atoms with Crippen LogP contribution < -0.4 is 15.4 Å². The number of methoxy groups -OCH3 is 1. The number of halogens is 5. The van der Waals surface area contributed by atoms with Crippen LogP contribution in [0.4, 0.5) is 27.6 Å². The Hall–Kier alpha value is -4.53. The van der Waals surface area contributed by atoms with Gasteiger partial charge < -0.3 is 20.5 Å². The van der Waals surface area contributed by atoms with E-state index in [1.807, 2.05) is 0 Å². The topological polar surface area (TPSA) is 139 Å². The number of fused-ring (bicyclic) bond motifs is 2. The average molecular weight is 653 g/mol. The second kappa shape index (κ2) is 11.8. The summed E-state index contributed by atoms with van der Waals surface area (Å²) in [5, 5.41) is 14.4. The molecule has 2 bridgehead atoms. The van der Waals surface area contributed by atoms with E-state index in [0.29, 0.717) is 25.3 Å². The number of amides is 2. The Bertz CT molecular complexity index is 1810. The van der Waals surface area contributed by atoms with E-state index in [-0.39, 0.29) is 40.0 Å². The van der Waals surface area contributed by atoms with Gasteiger partial charge in [0.1, 0.15) is 17.4 Å². The van der Waals surface area contributed by atoms with E-state index >= 15 is 4.39 Å². The number of carboxylic acid groups (broad SMARTS) is 1. The SMILES string of the molecule is COc1cc(F)c(-c2ccc(C(=O)O)c(F)c2)cc1C(=O)N[C@@H]1[C@H]2CC[C@H](C2)[C@@H]1C(=O)Nc1cccc(S(=O)(=O)C(F)(F)F)c1. The first-order valence-electron chi connectivity index (χ1n) is 13.6. The normalized spacial score (nSPS) is 20.9. The molecule has 0 radical (unpaired) electrons. The lowest BCUT2D eigenvalue weighted by atomic mass is 9.83. The van der Waals surface area contributed by atoms with Crippen LogP contribution in [0.2, 0.25) is 0 Å². The largest absolute Gasteiger partial charge is 0.501 e. The van der Waals surface area contributed by atoms with Gasteiger partial charge in [0.2, 0.25) is 5.91 Å². The van der Waals surface area contributed by atoms with Crippen molar-refractivity contribution >= 4 is 33.3 Å². The van der Waals surface area contributed by atoms with E-state index in [9.17, 15) is 40.4 Å². The van der Waals surface area contributed by atoms with Gasteiger partial charge in [-0.15, -0.1) is 0 Å². The van der Waals surface area contributed by atoms with Crippen LogP contribution in [0.3, 0.4) is 0 Å². The molecule has 0 aliphatic heterocycles. The lowest BCUT2D eigenvalue weighted by Gasteiger charge is -2.31. The number of carbonyl (C=O) groups excluding carboxylic acids is 2. The van der Waals surface area contributed by atoms with Gasteiger partial charge in [-0.3, -0.25) is 9.59 Å². The maximum absolute atomic E-state index is 15.0. The second-order valence-electron chi connectivity index (χ2n) is 10.9. The fourth-order valence-electron chi connectivity index (χ4n) is 6.18. The van der Waals surface area contributed by atoms with Crippen molar-refractivity contribution in [2.75, 3.05) is 12.4 Å². The van der Waals surface area contributed by atoms with Gasteiger partial charge in [-0.05, 0) is 73.1 Å². The smallest absolute Gasteiger partial charge is 0.496 e. The third-order valence-electron chi connectivity index (χ3n) is 8.28. The van der Waals surface area contributed by atoms with Gasteiger partial charge in [-0.25, -0.2) is 22.0 Å². The maximum atomic E-state index is 15.0. The standard InChI is InChI=1S/C30H25F5N2O7S/c1-44-24-13-23(32)20(14-7-8-19(29(40)41)22(31)10-14)12-21(24)27(38)37-26-16-6-5-15(9-16)25(26)28(39)36-17-3-2-4-18(11-17)45(42,43)30(33,34)35/h2-4,7-8,10-13,15-16,25-26H,5-6,9H2,1H3,(H,36,39)(H,37,38)(H,40,41)/t15-,16+,25+,26-/m1/s1. The van der Waals surface area contributed by atoms with Gasteiger partial charge in [0, 0.05) is 23.4 Å². The van der Waals surface area contributed by atoms with Crippen molar-refractivity contribution in [1.82, 2.24) is 5.32 Å². The molecule has 2 aliphatic carbocycles. The van der Waals surface area contributed by atoms with E-state index in [1.165, 1.54) is 19.2 Å². The molecule has 2 fully saturated rings. The number of hydrogen-bond acceptors (Lipinski definition) is 6. The molecule has 0 heterocycles. The molecule has 2 amide bonds. The van der Waals surface area contributed by atoms with Gasteiger partial charge in [-0.1, -0.05) is 12.1 Å². The van der Waals surface area contributed by atoms with E-state index in [0.717, 1.165) is 36.4 Å². The molecule has 0 spiro atoms. The van der Waals surface area contributed by atoms with Crippen molar-refractivity contribution in [2.45, 2.75) is 35.7 Å². The van der Waals surface area contributed by atoms with Crippen LogP contribution in [-0.4, -0.2) is 50.0 Å². The minimum atomic E-state index is -5.66. The summed E-state index contributed by atoms with van der Waals surface area (Å²) >= 11 is 0. The van der Waals surface area contributed by atoms with Gasteiger partial charge in [0.25, 0.3) is 15.7 Å². The van der Waals surface area contributed by atoms with E-state index in [2.05, 4.69) is 10.6 Å². The molecule has 2 aliphatic rings. The molecule has 0 unspecified atom stereocenters. The predicted octanol–water partition coefficient (Wildman–Crippen LogP) is 5.42. The summed E-state index contributed by atoms with van der Waals surface area (Å²) in [5.41, 5.74) is -6.74. The molecule has 45 heavy (non-hydrogen) atoms. The van der Waals surface area contributed by atoms with Crippen LogP contribution >= 0.6 is 0 Å². The monoisotopic (exact) mass is 652 g/mol. The third kappa shape index (κ3) is 5.95. The van der Waals surface area contributed by atoms with Gasteiger partial charge >= 0.3 is 11.5 Å². The summed E-state index contributed by atoms with van der Waals surface area (Å²) in [6.45, 7) is 0. The van der Waals surface area contributed by atoms with E-state index < -0.39 is 67.2 Å². The first-order valence-corrected chi connectivity index (χ1v) is 15.0. The molecule has 15 heteroatoms. The fraction of sp³-hybridized carbons (Fsp3) is 0.300. The fourth-order valence-corrected chi connectivity index (χ4v) is 6.99. The van der Waals surface area contributed by atoms with Crippen molar-refractivity contribution in [3.8, 4) is 16.9 Å². The zero-order valence-corrected chi connectivity index (χ0v) is 24.1. The Kier molecular flexibility index (Phi) is 8.33. The lowest BCUT2D eigenvalue weighted by molar-refractivity contribution is -0.122. The number of nitrogens with one attached hydrogen (secondary N) is 2. The number of benzene rings is 3. The minimum absolute atomic E-state index is 0.0429. The van der Waals surface area contributed by atoms with Crippen molar-refractivity contribution in [3.63, 3.8) is 0 Å². The summed E-state index contributed by atoms with van der Waals surface area (Å²) in [7, 11) is -4.45. The second-order valence-corrected chi connectivity index (χ2v) is 12.8. The van der Waals surface area contributed by atoms with Gasteiger partial charge in [0.15, 0.2) is 0 Å². The highest BCUT2D eigenvalue weighted by Gasteiger charge is 2.52. The molecule has 3 N–H and O–H groups in total. The van der Waals surface area contributed by atoms with Crippen molar-refractivity contribution < 1.29 is 54.6 Å². The minimum Gasteiger partial charge on any atom is -0.496 e.